The molecule has 2 rings (SSSR count). The van der Waals surface area contributed by atoms with Gasteiger partial charge in [0.25, 0.3) is 0 Å². The lowest BCUT2D eigenvalue weighted by Crippen LogP contribution is -2.43. The van der Waals surface area contributed by atoms with Crippen molar-refractivity contribution in [2.24, 2.45) is 0 Å². The number of hydrogen-bond acceptors (Lipinski definition) is 3. The molecule has 9 heteroatoms. The lowest BCUT2D eigenvalue weighted by Gasteiger charge is -2.17. The lowest BCUT2D eigenvalue weighted by molar-refractivity contribution is -0.145. The van der Waals surface area contributed by atoms with Crippen LogP contribution in [0.15, 0.2) is 42.5 Å². The number of rotatable bonds is 6. The molecule has 2 aromatic carbocycles. The monoisotopic (exact) mass is 401 g/mol. The van der Waals surface area contributed by atoms with E-state index < -0.39 is 41.3 Å². The highest BCUT2D eigenvalue weighted by atomic mass is 19.4. The number of methoxy groups -OCH3 is 1. The van der Waals surface area contributed by atoms with Gasteiger partial charge in [0, 0.05) is 6.42 Å². The van der Waals surface area contributed by atoms with E-state index in [1.54, 1.807) is 0 Å². The van der Waals surface area contributed by atoms with Crippen molar-refractivity contribution in [2.45, 2.75) is 25.1 Å². The fourth-order valence-corrected chi connectivity index (χ4v) is 2.48. The molecule has 0 fully saturated rings. The van der Waals surface area contributed by atoms with Gasteiger partial charge in [-0.05, 0) is 35.4 Å². The quantitative estimate of drug-likeness (QED) is 0.596. The maximum absolute atomic E-state index is 13.2. The molecule has 0 radical (unpaired) electrons. The van der Waals surface area contributed by atoms with Gasteiger partial charge >= 0.3 is 12.1 Å². The van der Waals surface area contributed by atoms with E-state index in [1.807, 2.05) is 0 Å². The van der Waals surface area contributed by atoms with Crippen molar-refractivity contribution in [2.75, 3.05) is 7.11 Å². The van der Waals surface area contributed by atoms with Crippen LogP contribution in [0.3, 0.4) is 0 Å². The van der Waals surface area contributed by atoms with E-state index in [-0.39, 0.29) is 18.4 Å². The summed E-state index contributed by atoms with van der Waals surface area (Å²) in [6.07, 6.45) is -4.91. The summed E-state index contributed by atoms with van der Waals surface area (Å²) < 4.78 is 68.6. The summed E-state index contributed by atoms with van der Waals surface area (Å²) in [6, 6.07) is 5.93. The standard InChI is InChI=1S/C19H16F5NO3/c1-28-18(27)16(9-11-2-5-13(6-3-11)19(22,23)24)25-17(26)10-12-4-7-14(20)15(21)8-12/h2-8,16H,9-10H2,1H3,(H,25,26)/t16-/m1/s1. The molecule has 150 valence electrons. The van der Waals surface area contributed by atoms with E-state index in [1.165, 1.54) is 18.2 Å². The van der Waals surface area contributed by atoms with Crippen LogP contribution in [0.4, 0.5) is 22.0 Å². The molecule has 0 aliphatic carbocycles. The molecule has 1 N–H and O–H groups in total. The number of benzene rings is 2. The molecular weight excluding hydrogens is 385 g/mol. The zero-order chi connectivity index (χ0) is 20.9. The summed E-state index contributed by atoms with van der Waals surface area (Å²) in [7, 11) is 1.10. The molecule has 0 unspecified atom stereocenters. The van der Waals surface area contributed by atoms with Crippen molar-refractivity contribution in [1.82, 2.24) is 5.32 Å². The molecular formula is C19H16F5NO3. The number of ether oxygens (including phenoxy) is 1. The number of nitrogens with one attached hydrogen (secondary N) is 1. The van der Waals surface area contributed by atoms with Gasteiger partial charge in [0.15, 0.2) is 11.6 Å². The van der Waals surface area contributed by atoms with Gasteiger partial charge in [-0.25, -0.2) is 13.6 Å². The summed E-state index contributed by atoms with van der Waals surface area (Å²) in [4.78, 5) is 24.0. The first-order valence-electron chi connectivity index (χ1n) is 8.07. The first-order chi connectivity index (χ1) is 13.1. The summed E-state index contributed by atoms with van der Waals surface area (Å²) in [5.74, 6) is -3.62. The smallest absolute Gasteiger partial charge is 0.416 e. The molecule has 0 aliphatic heterocycles. The molecule has 0 saturated heterocycles. The predicted molar refractivity (Wildman–Crippen MR) is 89.2 cm³/mol. The first-order valence-corrected chi connectivity index (χ1v) is 8.07. The summed E-state index contributed by atoms with van der Waals surface area (Å²) in [5.41, 5.74) is -0.278. The third kappa shape index (κ3) is 5.77. The zero-order valence-corrected chi connectivity index (χ0v) is 14.6. The van der Waals surface area contributed by atoms with Crippen LogP contribution in [0, 0.1) is 11.6 Å². The third-order valence-electron chi connectivity index (χ3n) is 3.89. The van der Waals surface area contributed by atoms with Crippen LogP contribution in [0.1, 0.15) is 16.7 Å². The minimum Gasteiger partial charge on any atom is -0.467 e. The molecule has 0 spiro atoms. The Morgan fingerprint density at radius 2 is 1.61 bits per heavy atom. The summed E-state index contributed by atoms with van der Waals surface area (Å²) in [6.45, 7) is 0. The predicted octanol–water partition coefficient (Wildman–Crippen LogP) is 3.43. The normalized spacial score (nSPS) is 12.4. The second-order valence-electron chi connectivity index (χ2n) is 5.97. The zero-order valence-electron chi connectivity index (χ0n) is 14.6. The van der Waals surface area contributed by atoms with Crippen molar-refractivity contribution in [3.63, 3.8) is 0 Å². The molecule has 1 atom stereocenters. The van der Waals surface area contributed by atoms with Gasteiger partial charge in [-0.15, -0.1) is 0 Å². The molecule has 2 aromatic rings. The number of hydrogen-bond donors (Lipinski definition) is 1. The van der Waals surface area contributed by atoms with Gasteiger partial charge in [0.1, 0.15) is 6.04 Å². The third-order valence-corrected chi connectivity index (χ3v) is 3.89. The van der Waals surface area contributed by atoms with Crippen molar-refractivity contribution in [3.05, 3.63) is 70.8 Å². The van der Waals surface area contributed by atoms with Crippen LogP contribution < -0.4 is 5.32 Å². The van der Waals surface area contributed by atoms with E-state index in [2.05, 4.69) is 10.1 Å². The fourth-order valence-electron chi connectivity index (χ4n) is 2.48. The van der Waals surface area contributed by atoms with Gasteiger partial charge < -0.3 is 10.1 Å². The van der Waals surface area contributed by atoms with Crippen molar-refractivity contribution in [3.8, 4) is 0 Å². The molecule has 0 aliphatic rings. The Kier molecular flexibility index (Phi) is 6.71. The topological polar surface area (TPSA) is 55.4 Å². The fraction of sp³-hybridized carbons (Fsp3) is 0.263. The number of amides is 1. The molecule has 0 heterocycles. The maximum Gasteiger partial charge on any atom is 0.416 e. The van der Waals surface area contributed by atoms with Crippen molar-refractivity contribution >= 4 is 11.9 Å². The highest BCUT2D eigenvalue weighted by Crippen LogP contribution is 2.29. The first kappa shape index (κ1) is 21.3. The van der Waals surface area contributed by atoms with E-state index in [9.17, 15) is 31.5 Å². The molecule has 1 amide bonds. The van der Waals surface area contributed by atoms with Gasteiger partial charge in [0.05, 0.1) is 19.1 Å². The largest absolute Gasteiger partial charge is 0.467 e. The lowest BCUT2D eigenvalue weighted by atomic mass is 10.0. The Bertz CT molecular complexity index is 850. The minimum absolute atomic E-state index is 0.103. The van der Waals surface area contributed by atoms with Crippen molar-refractivity contribution in [1.29, 1.82) is 0 Å². The van der Waals surface area contributed by atoms with Crippen LogP contribution in [0.5, 0.6) is 0 Å². The average molecular weight is 401 g/mol. The van der Waals surface area contributed by atoms with Crippen LogP contribution >= 0.6 is 0 Å². The van der Waals surface area contributed by atoms with E-state index in [0.29, 0.717) is 5.56 Å². The Balaban J connectivity index is 2.07. The highest BCUT2D eigenvalue weighted by Gasteiger charge is 2.30. The maximum atomic E-state index is 13.2. The number of carbonyl (C=O) groups is 2. The molecule has 4 nitrogen and oxygen atoms in total. The van der Waals surface area contributed by atoms with Crippen LogP contribution in [-0.4, -0.2) is 25.0 Å². The van der Waals surface area contributed by atoms with Gasteiger partial charge in [0.2, 0.25) is 5.91 Å². The number of halogens is 5. The van der Waals surface area contributed by atoms with Gasteiger partial charge in [-0.2, -0.15) is 13.2 Å². The summed E-state index contributed by atoms with van der Waals surface area (Å²) in [5, 5.41) is 2.39. The van der Waals surface area contributed by atoms with Crippen molar-refractivity contribution < 1.29 is 36.3 Å². The molecule has 28 heavy (non-hydrogen) atoms. The second kappa shape index (κ2) is 8.81. The Labute approximate surface area is 157 Å². The van der Waals surface area contributed by atoms with E-state index in [4.69, 9.17) is 0 Å². The Morgan fingerprint density at radius 3 is 2.14 bits per heavy atom. The average Bonchev–Trinajstić information content (AvgIpc) is 2.63. The van der Waals surface area contributed by atoms with Gasteiger partial charge in [-0.3, -0.25) is 4.79 Å². The van der Waals surface area contributed by atoms with Gasteiger partial charge in [-0.1, -0.05) is 18.2 Å². The molecule has 0 saturated carbocycles. The van der Waals surface area contributed by atoms with E-state index >= 15 is 0 Å². The minimum atomic E-state index is -4.49. The second-order valence-corrected chi connectivity index (χ2v) is 5.97. The molecule has 0 bridgehead atoms. The SMILES string of the molecule is COC(=O)[C@@H](Cc1ccc(C(F)(F)F)cc1)NC(=O)Cc1ccc(F)c(F)c1. The molecule has 0 aromatic heterocycles. The number of alkyl halides is 3. The van der Waals surface area contributed by atoms with Crippen LogP contribution in [0.25, 0.3) is 0 Å². The summed E-state index contributed by atoms with van der Waals surface area (Å²) >= 11 is 0. The number of esters is 1. The Morgan fingerprint density at radius 1 is 1.00 bits per heavy atom. The highest BCUT2D eigenvalue weighted by molar-refractivity contribution is 5.85. The number of carbonyl (C=O) groups excluding carboxylic acids is 2. The van der Waals surface area contributed by atoms with Crippen LogP contribution in [0.2, 0.25) is 0 Å². The van der Waals surface area contributed by atoms with E-state index in [0.717, 1.165) is 31.4 Å². The Hall–Kier alpha value is -2.97. The van der Waals surface area contributed by atoms with Crippen LogP contribution in [-0.2, 0) is 33.3 Å².